The summed E-state index contributed by atoms with van der Waals surface area (Å²) in [6, 6.07) is 0. The number of allylic oxidation sites excluding steroid dienone is 1. The molecule has 4 heteroatoms. The van der Waals surface area contributed by atoms with Crippen LogP contribution in [0.4, 0.5) is 0 Å². The number of rotatable bonds is 3. The van der Waals surface area contributed by atoms with E-state index in [-0.39, 0.29) is 11.7 Å². The first kappa shape index (κ1) is 14.3. The molecule has 0 spiro atoms. The quantitative estimate of drug-likeness (QED) is 0.795. The summed E-state index contributed by atoms with van der Waals surface area (Å²) in [5.74, 6) is -0.0387. The Bertz CT molecular complexity index is 331. The Labute approximate surface area is 96.8 Å². The monoisotopic (exact) mass is 221 g/mol. The molecule has 4 nitrogen and oxygen atoms in total. The Kier molecular flexibility index (Phi) is 7.67. The van der Waals surface area contributed by atoms with Gasteiger partial charge in [-0.05, 0) is 19.4 Å². The minimum atomic E-state index is -0.247. The van der Waals surface area contributed by atoms with Crippen LogP contribution in [0.15, 0.2) is 24.5 Å². The van der Waals surface area contributed by atoms with Gasteiger partial charge in [-0.15, -0.1) is 0 Å². The second-order valence-electron chi connectivity index (χ2n) is 2.86. The molecule has 0 aliphatic carbocycles. The maximum Gasteiger partial charge on any atom is 0.289 e. The Morgan fingerprint density at radius 3 is 2.44 bits per heavy atom. The third kappa shape index (κ3) is 5.24. The lowest BCUT2D eigenvalue weighted by Gasteiger charge is -2.00. The normalized spacial score (nSPS) is 9.50. The van der Waals surface area contributed by atoms with Gasteiger partial charge in [0, 0.05) is 18.9 Å². The van der Waals surface area contributed by atoms with Gasteiger partial charge in [-0.3, -0.25) is 4.79 Å². The summed E-state index contributed by atoms with van der Waals surface area (Å²) in [6.07, 6.45) is 6.97. The van der Waals surface area contributed by atoms with E-state index < -0.39 is 0 Å². The van der Waals surface area contributed by atoms with Crippen molar-refractivity contribution in [2.24, 2.45) is 0 Å². The predicted molar refractivity (Wildman–Crippen MR) is 65.3 cm³/mol. The molecular formula is C12H19N3O. The second-order valence-corrected chi connectivity index (χ2v) is 2.86. The molecule has 0 fully saturated rings. The average molecular weight is 221 g/mol. The summed E-state index contributed by atoms with van der Waals surface area (Å²) < 4.78 is 0. The van der Waals surface area contributed by atoms with Gasteiger partial charge < -0.3 is 5.32 Å². The molecule has 1 aromatic rings. The summed E-state index contributed by atoms with van der Waals surface area (Å²) in [7, 11) is 0. The SMILES string of the molecule is C/C=C/CNC(=O)c1ncc(C)cn1.CC. The molecule has 1 aromatic heterocycles. The molecule has 16 heavy (non-hydrogen) atoms. The summed E-state index contributed by atoms with van der Waals surface area (Å²) in [6.45, 7) is 8.28. The lowest BCUT2D eigenvalue weighted by atomic mass is 10.4. The predicted octanol–water partition coefficient (Wildman–Crippen LogP) is 2.12. The van der Waals surface area contributed by atoms with Gasteiger partial charge in [0.15, 0.2) is 0 Å². The van der Waals surface area contributed by atoms with Crippen molar-refractivity contribution in [3.8, 4) is 0 Å². The summed E-state index contributed by atoms with van der Waals surface area (Å²) >= 11 is 0. The topological polar surface area (TPSA) is 54.9 Å². The fourth-order valence-corrected chi connectivity index (χ4v) is 0.858. The van der Waals surface area contributed by atoms with Crippen molar-refractivity contribution in [2.45, 2.75) is 27.7 Å². The van der Waals surface area contributed by atoms with E-state index >= 15 is 0 Å². The first-order chi connectivity index (χ1) is 7.74. The summed E-state index contributed by atoms with van der Waals surface area (Å²) in [5.41, 5.74) is 0.940. The van der Waals surface area contributed by atoms with Crippen LogP contribution in [0.2, 0.25) is 0 Å². The highest BCUT2D eigenvalue weighted by molar-refractivity contribution is 5.90. The van der Waals surface area contributed by atoms with Crippen molar-refractivity contribution in [1.82, 2.24) is 15.3 Å². The zero-order valence-corrected chi connectivity index (χ0v) is 10.3. The number of carbonyl (C=O) groups excluding carboxylic acids is 1. The number of hydrogen-bond donors (Lipinski definition) is 1. The highest BCUT2D eigenvalue weighted by Gasteiger charge is 2.05. The van der Waals surface area contributed by atoms with Crippen molar-refractivity contribution >= 4 is 5.91 Å². The van der Waals surface area contributed by atoms with E-state index in [9.17, 15) is 4.79 Å². The van der Waals surface area contributed by atoms with E-state index in [2.05, 4.69) is 15.3 Å². The molecule has 1 heterocycles. The standard InChI is InChI=1S/C10H13N3O.C2H6/c1-3-4-5-11-10(14)9-12-6-8(2)7-13-9;1-2/h3-4,6-7H,5H2,1-2H3,(H,11,14);1-2H3/b4-3+;. The Morgan fingerprint density at radius 1 is 1.38 bits per heavy atom. The molecule has 0 aliphatic heterocycles. The fraction of sp³-hybridized carbons (Fsp3) is 0.417. The van der Waals surface area contributed by atoms with Crippen molar-refractivity contribution in [2.75, 3.05) is 6.54 Å². The van der Waals surface area contributed by atoms with Crippen LogP contribution in [-0.4, -0.2) is 22.4 Å². The highest BCUT2D eigenvalue weighted by Crippen LogP contribution is 1.92. The molecule has 0 bridgehead atoms. The number of hydrogen-bond acceptors (Lipinski definition) is 3. The van der Waals surface area contributed by atoms with Crippen molar-refractivity contribution in [3.05, 3.63) is 35.9 Å². The molecule has 1 N–H and O–H groups in total. The minimum Gasteiger partial charge on any atom is -0.346 e. The van der Waals surface area contributed by atoms with Crippen LogP contribution >= 0.6 is 0 Å². The molecule has 0 aromatic carbocycles. The third-order valence-electron chi connectivity index (χ3n) is 1.60. The van der Waals surface area contributed by atoms with Crippen molar-refractivity contribution < 1.29 is 4.79 Å². The highest BCUT2D eigenvalue weighted by atomic mass is 16.2. The molecule has 0 unspecified atom stereocenters. The van der Waals surface area contributed by atoms with Crippen LogP contribution in [0, 0.1) is 6.92 Å². The number of carbonyl (C=O) groups is 1. The molecule has 1 amide bonds. The third-order valence-corrected chi connectivity index (χ3v) is 1.60. The van der Waals surface area contributed by atoms with Crippen LogP contribution in [0.5, 0.6) is 0 Å². The Balaban J connectivity index is 0.00000106. The lowest BCUT2D eigenvalue weighted by Crippen LogP contribution is -2.25. The van der Waals surface area contributed by atoms with E-state index in [4.69, 9.17) is 0 Å². The Morgan fingerprint density at radius 2 is 1.94 bits per heavy atom. The number of aryl methyl sites for hydroxylation is 1. The van der Waals surface area contributed by atoms with Gasteiger partial charge in [0.2, 0.25) is 5.82 Å². The zero-order chi connectivity index (χ0) is 12.4. The summed E-state index contributed by atoms with van der Waals surface area (Å²) in [5, 5.41) is 2.67. The van der Waals surface area contributed by atoms with Crippen LogP contribution in [0.25, 0.3) is 0 Å². The molecule has 0 saturated heterocycles. The van der Waals surface area contributed by atoms with Gasteiger partial charge in [0.05, 0.1) is 0 Å². The van der Waals surface area contributed by atoms with E-state index in [1.165, 1.54) is 0 Å². The Hall–Kier alpha value is -1.71. The fourth-order valence-electron chi connectivity index (χ4n) is 0.858. The van der Waals surface area contributed by atoms with E-state index in [0.717, 1.165) is 5.56 Å². The van der Waals surface area contributed by atoms with Crippen LogP contribution in [0.1, 0.15) is 37.0 Å². The molecule has 1 rings (SSSR count). The number of aromatic nitrogens is 2. The average Bonchev–Trinajstić information content (AvgIpc) is 2.33. The molecular weight excluding hydrogens is 202 g/mol. The van der Waals surface area contributed by atoms with E-state index in [1.54, 1.807) is 12.4 Å². The number of nitrogens with one attached hydrogen (secondary N) is 1. The second kappa shape index (κ2) is 8.59. The first-order valence-electron chi connectivity index (χ1n) is 5.42. The zero-order valence-electron chi connectivity index (χ0n) is 10.3. The molecule has 0 saturated carbocycles. The smallest absolute Gasteiger partial charge is 0.289 e. The van der Waals surface area contributed by atoms with Gasteiger partial charge in [0.1, 0.15) is 0 Å². The summed E-state index contributed by atoms with van der Waals surface area (Å²) in [4.78, 5) is 19.2. The molecule has 0 radical (unpaired) electrons. The van der Waals surface area contributed by atoms with Crippen molar-refractivity contribution in [3.63, 3.8) is 0 Å². The van der Waals surface area contributed by atoms with E-state index in [0.29, 0.717) is 6.54 Å². The minimum absolute atomic E-state index is 0.208. The van der Waals surface area contributed by atoms with Crippen molar-refractivity contribution in [1.29, 1.82) is 0 Å². The maximum atomic E-state index is 11.4. The van der Waals surface area contributed by atoms with Gasteiger partial charge in [-0.25, -0.2) is 9.97 Å². The van der Waals surface area contributed by atoms with Crippen LogP contribution in [0.3, 0.4) is 0 Å². The van der Waals surface area contributed by atoms with E-state index in [1.807, 2.05) is 39.8 Å². The van der Waals surface area contributed by atoms with Gasteiger partial charge >= 0.3 is 0 Å². The first-order valence-corrected chi connectivity index (χ1v) is 5.42. The van der Waals surface area contributed by atoms with Crippen LogP contribution in [-0.2, 0) is 0 Å². The largest absolute Gasteiger partial charge is 0.346 e. The number of amides is 1. The molecule has 0 aliphatic rings. The van der Waals surface area contributed by atoms with Gasteiger partial charge in [0.25, 0.3) is 5.91 Å². The number of nitrogens with zero attached hydrogens (tertiary/aromatic N) is 2. The molecule has 88 valence electrons. The maximum absolute atomic E-state index is 11.4. The van der Waals surface area contributed by atoms with Crippen LogP contribution < -0.4 is 5.32 Å². The lowest BCUT2D eigenvalue weighted by molar-refractivity contribution is 0.0947. The molecule has 0 atom stereocenters. The van der Waals surface area contributed by atoms with Gasteiger partial charge in [-0.2, -0.15) is 0 Å². The van der Waals surface area contributed by atoms with Gasteiger partial charge in [-0.1, -0.05) is 26.0 Å².